The van der Waals surface area contributed by atoms with Gasteiger partial charge in [-0.3, -0.25) is 0 Å². The maximum absolute atomic E-state index is 5.92. The molecule has 0 atom stereocenters. The van der Waals surface area contributed by atoms with E-state index < -0.39 is 0 Å². The van der Waals surface area contributed by atoms with E-state index >= 15 is 0 Å². The Balaban J connectivity index is 2.48. The number of benzene rings is 1. The van der Waals surface area contributed by atoms with Crippen molar-refractivity contribution in [2.45, 2.75) is 6.54 Å². The predicted octanol–water partition coefficient (Wildman–Crippen LogP) is 3.82. The molecule has 0 aliphatic carbocycles. The van der Waals surface area contributed by atoms with E-state index in [1.54, 1.807) is 0 Å². The van der Waals surface area contributed by atoms with Gasteiger partial charge in [0.25, 0.3) is 0 Å². The van der Waals surface area contributed by atoms with Crippen LogP contribution in [0.15, 0.2) is 39.2 Å². The van der Waals surface area contributed by atoms with Crippen LogP contribution in [0, 0.1) is 0 Å². The molecule has 0 aliphatic heterocycles. The molecular formula is C11H9BrClNO. The van der Waals surface area contributed by atoms with Crippen LogP contribution in [0.4, 0.5) is 0 Å². The summed E-state index contributed by atoms with van der Waals surface area (Å²) in [6.45, 7) is 0.401. The van der Waals surface area contributed by atoms with E-state index in [2.05, 4.69) is 15.9 Å². The van der Waals surface area contributed by atoms with Crippen LogP contribution < -0.4 is 5.73 Å². The highest BCUT2D eigenvalue weighted by Gasteiger charge is 2.08. The van der Waals surface area contributed by atoms with Gasteiger partial charge in [-0.1, -0.05) is 27.5 Å². The fourth-order valence-corrected chi connectivity index (χ4v) is 1.93. The van der Waals surface area contributed by atoms with Gasteiger partial charge in [0.05, 0.1) is 6.54 Å². The smallest absolute Gasteiger partial charge is 0.135 e. The van der Waals surface area contributed by atoms with Crippen LogP contribution in [0.25, 0.3) is 11.3 Å². The van der Waals surface area contributed by atoms with E-state index in [0.717, 1.165) is 21.6 Å². The maximum Gasteiger partial charge on any atom is 0.135 e. The third-order valence-corrected chi connectivity index (χ3v) is 2.98. The van der Waals surface area contributed by atoms with Crippen LogP contribution in [0.3, 0.4) is 0 Å². The minimum absolute atomic E-state index is 0.401. The van der Waals surface area contributed by atoms with Crippen LogP contribution in [0.2, 0.25) is 5.02 Å². The Hall–Kier alpha value is -0.770. The topological polar surface area (TPSA) is 39.2 Å². The van der Waals surface area contributed by atoms with Gasteiger partial charge in [0.2, 0.25) is 0 Å². The molecule has 2 rings (SSSR count). The molecule has 0 saturated carbocycles. The zero-order valence-electron chi connectivity index (χ0n) is 7.84. The Kier molecular flexibility index (Phi) is 3.14. The van der Waals surface area contributed by atoms with E-state index in [9.17, 15) is 0 Å². The minimum Gasteiger partial charge on any atom is -0.460 e. The number of hydrogen-bond donors (Lipinski definition) is 1. The lowest BCUT2D eigenvalue weighted by molar-refractivity contribution is 0.525. The first-order valence-electron chi connectivity index (χ1n) is 4.45. The summed E-state index contributed by atoms with van der Waals surface area (Å²) in [7, 11) is 0. The van der Waals surface area contributed by atoms with E-state index in [0.29, 0.717) is 11.6 Å². The number of furan rings is 1. The Labute approximate surface area is 101 Å². The minimum atomic E-state index is 0.401. The van der Waals surface area contributed by atoms with Crippen molar-refractivity contribution >= 4 is 27.5 Å². The quantitative estimate of drug-likeness (QED) is 0.911. The maximum atomic E-state index is 5.92. The van der Waals surface area contributed by atoms with Crippen molar-refractivity contribution in [2.24, 2.45) is 5.73 Å². The van der Waals surface area contributed by atoms with Gasteiger partial charge >= 0.3 is 0 Å². The molecule has 0 radical (unpaired) electrons. The number of nitrogens with two attached hydrogens (primary N) is 1. The van der Waals surface area contributed by atoms with Crippen LogP contribution in [0.1, 0.15) is 5.76 Å². The van der Waals surface area contributed by atoms with Gasteiger partial charge in [0, 0.05) is 15.1 Å². The Morgan fingerprint density at radius 1 is 1.27 bits per heavy atom. The number of rotatable bonds is 2. The van der Waals surface area contributed by atoms with Crippen molar-refractivity contribution in [1.29, 1.82) is 0 Å². The number of hydrogen-bond acceptors (Lipinski definition) is 2. The summed E-state index contributed by atoms with van der Waals surface area (Å²) in [6.07, 6.45) is 0. The van der Waals surface area contributed by atoms with Gasteiger partial charge in [-0.2, -0.15) is 0 Å². The molecule has 2 N–H and O–H groups in total. The molecule has 0 aliphatic rings. The summed E-state index contributed by atoms with van der Waals surface area (Å²) in [5.74, 6) is 1.53. The lowest BCUT2D eigenvalue weighted by atomic mass is 10.2. The highest BCUT2D eigenvalue weighted by Crippen LogP contribution is 2.31. The third kappa shape index (κ3) is 2.25. The van der Waals surface area contributed by atoms with E-state index in [1.165, 1.54) is 0 Å². The van der Waals surface area contributed by atoms with E-state index in [4.69, 9.17) is 21.8 Å². The standard InChI is InChI=1S/C11H9BrClNO/c12-10-3-1-7(13)5-9(10)11-4-2-8(6-14)15-11/h1-5H,6,14H2. The first-order valence-corrected chi connectivity index (χ1v) is 5.62. The van der Waals surface area contributed by atoms with Gasteiger partial charge in [-0.25, -0.2) is 0 Å². The van der Waals surface area contributed by atoms with Crippen molar-refractivity contribution in [2.75, 3.05) is 0 Å². The zero-order chi connectivity index (χ0) is 10.8. The Morgan fingerprint density at radius 2 is 2.07 bits per heavy atom. The molecule has 0 saturated heterocycles. The molecule has 0 unspecified atom stereocenters. The predicted molar refractivity (Wildman–Crippen MR) is 64.7 cm³/mol. The molecule has 1 heterocycles. The molecule has 4 heteroatoms. The zero-order valence-corrected chi connectivity index (χ0v) is 10.2. The monoisotopic (exact) mass is 285 g/mol. The molecule has 78 valence electrons. The highest BCUT2D eigenvalue weighted by atomic mass is 79.9. The number of halogens is 2. The molecule has 1 aromatic carbocycles. The van der Waals surface area contributed by atoms with E-state index in [1.807, 2.05) is 30.3 Å². The second-order valence-corrected chi connectivity index (χ2v) is 4.39. The molecule has 15 heavy (non-hydrogen) atoms. The molecule has 0 amide bonds. The second-order valence-electron chi connectivity index (χ2n) is 3.09. The Bertz CT molecular complexity index is 481. The summed E-state index contributed by atoms with van der Waals surface area (Å²) >= 11 is 9.37. The SMILES string of the molecule is NCc1ccc(-c2cc(Cl)ccc2Br)o1. The van der Waals surface area contributed by atoms with Crippen LogP contribution in [-0.4, -0.2) is 0 Å². The lowest BCUT2D eigenvalue weighted by Crippen LogP contribution is -1.92. The van der Waals surface area contributed by atoms with Crippen LogP contribution in [0.5, 0.6) is 0 Å². The molecule has 0 bridgehead atoms. The Morgan fingerprint density at radius 3 is 2.73 bits per heavy atom. The van der Waals surface area contributed by atoms with Gasteiger partial charge in [-0.15, -0.1) is 0 Å². The first-order chi connectivity index (χ1) is 7.20. The lowest BCUT2D eigenvalue weighted by Gasteiger charge is -2.01. The molecule has 2 nitrogen and oxygen atoms in total. The summed E-state index contributed by atoms with van der Waals surface area (Å²) < 4.78 is 6.49. The molecular weight excluding hydrogens is 277 g/mol. The molecule has 0 spiro atoms. The van der Waals surface area contributed by atoms with Crippen LogP contribution >= 0.6 is 27.5 Å². The van der Waals surface area contributed by atoms with Crippen molar-refractivity contribution in [3.05, 3.63) is 45.6 Å². The van der Waals surface area contributed by atoms with Crippen molar-refractivity contribution < 1.29 is 4.42 Å². The first kappa shape index (κ1) is 10.7. The van der Waals surface area contributed by atoms with Crippen molar-refractivity contribution in [3.8, 4) is 11.3 Å². The highest BCUT2D eigenvalue weighted by molar-refractivity contribution is 9.10. The van der Waals surface area contributed by atoms with Crippen molar-refractivity contribution in [1.82, 2.24) is 0 Å². The summed E-state index contributed by atoms with van der Waals surface area (Å²) in [5.41, 5.74) is 6.41. The second kappa shape index (κ2) is 4.39. The largest absolute Gasteiger partial charge is 0.460 e. The normalized spacial score (nSPS) is 10.6. The van der Waals surface area contributed by atoms with Gasteiger partial charge in [0.1, 0.15) is 11.5 Å². The third-order valence-electron chi connectivity index (χ3n) is 2.06. The summed E-state index contributed by atoms with van der Waals surface area (Å²) in [4.78, 5) is 0. The fourth-order valence-electron chi connectivity index (χ4n) is 1.32. The van der Waals surface area contributed by atoms with Gasteiger partial charge < -0.3 is 10.2 Å². The average Bonchev–Trinajstić information content (AvgIpc) is 2.70. The summed E-state index contributed by atoms with van der Waals surface area (Å²) in [5, 5.41) is 0.680. The van der Waals surface area contributed by atoms with E-state index in [-0.39, 0.29) is 0 Å². The molecule has 0 fully saturated rings. The van der Waals surface area contributed by atoms with Gasteiger partial charge in [0.15, 0.2) is 0 Å². The average molecular weight is 287 g/mol. The van der Waals surface area contributed by atoms with Crippen molar-refractivity contribution in [3.63, 3.8) is 0 Å². The van der Waals surface area contributed by atoms with Gasteiger partial charge in [-0.05, 0) is 30.3 Å². The molecule has 2 aromatic rings. The van der Waals surface area contributed by atoms with Crippen LogP contribution in [-0.2, 0) is 6.54 Å². The molecule has 1 aromatic heterocycles. The fraction of sp³-hybridized carbons (Fsp3) is 0.0909. The summed E-state index contributed by atoms with van der Waals surface area (Å²) in [6, 6.07) is 9.32.